The molecule has 5 heteroatoms. The average molecular weight is 280 g/mol. The van der Waals surface area contributed by atoms with Crippen molar-refractivity contribution in [2.75, 3.05) is 5.32 Å². The lowest BCUT2D eigenvalue weighted by Crippen LogP contribution is -2.08. The van der Waals surface area contributed by atoms with Crippen LogP contribution in [0.1, 0.15) is 11.1 Å². The number of carbonyl (C=O) groups is 1. The highest BCUT2D eigenvalue weighted by atomic mass is 16.6. The van der Waals surface area contributed by atoms with Gasteiger partial charge in [0, 0.05) is 29.3 Å². The summed E-state index contributed by atoms with van der Waals surface area (Å²) in [7, 11) is 0. The number of nitro benzene ring substituents is 1. The number of amides is 1. The fourth-order valence-electron chi connectivity index (χ4n) is 1.59. The molecule has 5 nitrogen and oxygen atoms in total. The van der Waals surface area contributed by atoms with E-state index in [4.69, 9.17) is 0 Å². The van der Waals surface area contributed by atoms with Crippen molar-refractivity contribution in [3.05, 3.63) is 69.8 Å². The second-order valence-electron chi connectivity index (χ2n) is 4.37. The topological polar surface area (TPSA) is 72.2 Å². The number of non-ortho nitro benzene ring substituents is 1. The summed E-state index contributed by atoms with van der Waals surface area (Å²) in [6.45, 7) is 1.96. The first-order valence-electron chi connectivity index (χ1n) is 6.19. The molecule has 0 saturated carbocycles. The Labute approximate surface area is 121 Å². The van der Waals surface area contributed by atoms with Crippen LogP contribution in [0.3, 0.4) is 0 Å². The Kier molecular flexibility index (Phi) is 4.32. The molecule has 0 atom stereocenters. The number of nitro groups is 1. The molecule has 0 radical (unpaired) electrons. The maximum Gasteiger partial charge on any atom is 0.300 e. The van der Waals surface area contributed by atoms with Crippen LogP contribution in [0.25, 0.3) is 0 Å². The highest BCUT2D eigenvalue weighted by Crippen LogP contribution is 2.11. The SMILES string of the molecule is Cc1ccc(NC(=O)C#Cc2ccc([N+](=O)[O-])cc2)cc1. The van der Waals surface area contributed by atoms with Gasteiger partial charge in [-0.15, -0.1) is 0 Å². The molecule has 0 unspecified atom stereocenters. The lowest BCUT2D eigenvalue weighted by Gasteiger charge is -2.00. The predicted octanol–water partition coefficient (Wildman–Crippen LogP) is 2.89. The second-order valence-corrected chi connectivity index (χ2v) is 4.37. The minimum absolute atomic E-state index is 0.00958. The normalized spacial score (nSPS) is 9.38. The molecule has 0 fully saturated rings. The number of rotatable bonds is 2. The molecule has 21 heavy (non-hydrogen) atoms. The van der Waals surface area contributed by atoms with E-state index in [-0.39, 0.29) is 5.69 Å². The van der Waals surface area contributed by atoms with Crippen molar-refractivity contribution < 1.29 is 9.72 Å². The van der Waals surface area contributed by atoms with Gasteiger partial charge in [-0.2, -0.15) is 0 Å². The molecule has 104 valence electrons. The maximum absolute atomic E-state index is 11.7. The number of aryl methyl sites for hydroxylation is 1. The minimum Gasteiger partial charge on any atom is -0.315 e. The number of nitrogens with one attached hydrogen (secondary N) is 1. The summed E-state index contributed by atoms with van der Waals surface area (Å²) in [5.74, 6) is 4.67. The van der Waals surface area contributed by atoms with Gasteiger partial charge in [0.05, 0.1) is 4.92 Å². The Morgan fingerprint density at radius 1 is 1.10 bits per heavy atom. The number of anilines is 1. The average Bonchev–Trinajstić information content (AvgIpc) is 2.48. The summed E-state index contributed by atoms with van der Waals surface area (Å²) in [6, 6.07) is 13.1. The van der Waals surface area contributed by atoms with E-state index in [9.17, 15) is 14.9 Å². The minimum atomic E-state index is -0.485. The molecule has 0 saturated heterocycles. The Hall–Kier alpha value is -3.13. The van der Waals surface area contributed by atoms with Gasteiger partial charge in [0.1, 0.15) is 0 Å². The van der Waals surface area contributed by atoms with Crippen LogP contribution in [0, 0.1) is 28.9 Å². The summed E-state index contributed by atoms with van der Waals surface area (Å²) in [5.41, 5.74) is 2.30. The molecule has 2 aromatic carbocycles. The van der Waals surface area contributed by atoms with Gasteiger partial charge in [-0.05, 0) is 31.2 Å². The van der Waals surface area contributed by atoms with Crippen LogP contribution in [-0.2, 0) is 4.79 Å². The molecule has 0 bridgehead atoms. The van der Waals surface area contributed by atoms with Crippen LogP contribution in [0.2, 0.25) is 0 Å². The van der Waals surface area contributed by atoms with Gasteiger partial charge in [0.25, 0.3) is 5.69 Å². The highest BCUT2D eigenvalue weighted by molar-refractivity contribution is 6.04. The fraction of sp³-hybridized carbons (Fsp3) is 0.0625. The molecular weight excluding hydrogens is 268 g/mol. The van der Waals surface area contributed by atoms with E-state index in [0.717, 1.165) is 5.56 Å². The summed E-state index contributed by atoms with van der Waals surface area (Å²) < 4.78 is 0. The van der Waals surface area contributed by atoms with Crippen molar-refractivity contribution in [1.82, 2.24) is 0 Å². The Morgan fingerprint density at radius 3 is 2.29 bits per heavy atom. The molecule has 0 spiro atoms. The van der Waals surface area contributed by atoms with E-state index in [1.54, 1.807) is 12.1 Å². The van der Waals surface area contributed by atoms with E-state index >= 15 is 0 Å². The summed E-state index contributed by atoms with van der Waals surface area (Å²) in [6.07, 6.45) is 0. The van der Waals surface area contributed by atoms with E-state index in [0.29, 0.717) is 11.3 Å². The summed E-state index contributed by atoms with van der Waals surface area (Å²) >= 11 is 0. The first-order valence-corrected chi connectivity index (χ1v) is 6.19. The third kappa shape index (κ3) is 4.18. The molecule has 0 aliphatic carbocycles. The predicted molar refractivity (Wildman–Crippen MR) is 79.8 cm³/mol. The zero-order chi connectivity index (χ0) is 15.2. The summed E-state index contributed by atoms with van der Waals surface area (Å²) in [5, 5.41) is 13.2. The molecule has 0 aromatic heterocycles. The van der Waals surface area contributed by atoms with Crippen LogP contribution < -0.4 is 5.32 Å². The zero-order valence-electron chi connectivity index (χ0n) is 11.3. The molecule has 1 amide bonds. The smallest absolute Gasteiger partial charge is 0.300 e. The quantitative estimate of drug-likeness (QED) is 0.522. The van der Waals surface area contributed by atoms with Gasteiger partial charge in [-0.3, -0.25) is 14.9 Å². The summed E-state index contributed by atoms with van der Waals surface area (Å²) in [4.78, 5) is 21.7. The van der Waals surface area contributed by atoms with Crippen molar-refractivity contribution in [3.8, 4) is 11.8 Å². The first-order chi connectivity index (χ1) is 10.0. The zero-order valence-corrected chi connectivity index (χ0v) is 11.3. The van der Waals surface area contributed by atoms with Gasteiger partial charge < -0.3 is 5.32 Å². The van der Waals surface area contributed by atoms with Crippen molar-refractivity contribution >= 4 is 17.3 Å². The molecular formula is C16H12N2O3. The van der Waals surface area contributed by atoms with Crippen molar-refractivity contribution in [3.63, 3.8) is 0 Å². The molecule has 0 aliphatic heterocycles. The second kappa shape index (κ2) is 6.35. The maximum atomic E-state index is 11.7. The van der Waals surface area contributed by atoms with Crippen molar-refractivity contribution in [2.24, 2.45) is 0 Å². The Morgan fingerprint density at radius 2 is 1.71 bits per heavy atom. The number of hydrogen-bond donors (Lipinski definition) is 1. The number of hydrogen-bond acceptors (Lipinski definition) is 3. The third-order valence-corrected chi connectivity index (χ3v) is 2.71. The van der Waals surface area contributed by atoms with E-state index in [2.05, 4.69) is 17.2 Å². The van der Waals surface area contributed by atoms with Gasteiger partial charge in [-0.1, -0.05) is 23.6 Å². The first kappa shape index (κ1) is 14.3. The van der Waals surface area contributed by atoms with Crippen LogP contribution in [-0.4, -0.2) is 10.8 Å². The molecule has 0 aliphatic rings. The van der Waals surface area contributed by atoms with Crippen LogP contribution in [0.4, 0.5) is 11.4 Å². The van der Waals surface area contributed by atoms with Gasteiger partial charge >= 0.3 is 5.91 Å². The molecule has 2 rings (SSSR count). The number of carbonyl (C=O) groups excluding carboxylic acids is 1. The molecule has 1 N–H and O–H groups in total. The number of benzene rings is 2. The van der Waals surface area contributed by atoms with Gasteiger partial charge in [-0.25, -0.2) is 0 Å². The van der Waals surface area contributed by atoms with E-state index < -0.39 is 10.8 Å². The van der Waals surface area contributed by atoms with Crippen LogP contribution in [0.15, 0.2) is 48.5 Å². The standard InChI is InChI=1S/C16H12N2O3/c1-12-2-7-14(8-3-12)17-16(19)11-6-13-4-9-15(10-5-13)18(20)21/h2-5,7-10H,1H3,(H,17,19). The van der Waals surface area contributed by atoms with Gasteiger partial charge in [0.2, 0.25) is 0 Å². The van der Waals surface area contributed by atoms with Crippen molar-refractivity contribution in [2.45, 2.75) is 6.92 Å². The largest absolute Gasteiger partial charge is 0.315 e. The van der Waals surface area contributed by atoms with Crippen LogP contribution >= 0.6 is 0 Å². The van der Waals surface area contributed by atoms with E-state index in [1.807, 2.05) is 19.1 Å². The molecule has 2 aromatic rings. The number of nitrogens with zero attached hydrogens (tertiary/aromatic N) is 1. The highest BCUT2D eigenvalue weighted by Gasteiger charge is 2.02. The molecule has 0 heterocycles. The monoisotopic (exact) mass is 280 g/mol. The third-order valence-electron chi connectivity index (χ3n) is 2.71. The fourth-order valence-corrected chi connectivity index (χ4v) is 1.59. The lowest BCUT2D eigenvalue weighted by atomic mass is 10.2. The lowest BCUT2D eigenvalue weighted by molar-refractivity contribution is -0.384. The van der Waals surface area contributed by atoms with E-state index in [1.165, 1.54) is 24.3 Å². The van der Waals surface area contributed by atoms with Crippen molar-refractivity contribution in [1.29, 1.82) is 0 Å². The van der Waals surface area contributed by atoms with Gasteiger partial charge in [0.15, 0.2) is 0 Å². The Balaban J connectivity index is 2.02. The van der Waals surface area contributed by atoms with Crippen LogP contribution in [0.5, 0.6) is 0 Å². The Bertz CT molecular complexity index is 723.